The summed E-state index contributed by atoms with van der Waals surface area (Å²) in [5.41, 5.74) is 1.16. The minimum absolute atomic E-state index is 0.375. The van der Waals surface area contributed by atoms with Crippen LogP contribution in [0.25, 0.3) is 0 Å². The number of anilines is 2. The molecule has 5 nitrogen and oxygen atoms in total. The van der Waals surface area contributed by atoms with E-state index >= 15 is 0 Å². The van der Waals surface area contributed by atoms with Gasteiger partial charge in [-0.3, -0.25) is 0 Å². The number of hydrogen-bond donors (Lipinski definition) is 2. The van der Waals surface area contributed by atoms with Gasteiger partial charge >= 0.3 is 0 Å². The van der Waals surface area contributed by atoms with Crippen molar-refractivity contribution in [3.63, 3.8) is 0 Å². The Morgan fingerprint density at radius 1 is 1.10 bits per heavy atom. The van der Waals surface area contributed by atoms with E-state index in [4.69, 9.17) is 4.74 Å². The van der Waals surface area contributed by atoms with Crippen LogP contribution in [0.2, 0.25) is 0 Å². The fourth-order valence-corrected chi connectivity index (χ4v) is 2.09. The fourth-order valence-electron chi connectivity index (χ4n) is 2.09. The molecule has 120 valence electrons. The molecule has 0 saturated carbocycles. The van der Waals surface area contributed by atoms with Gasteiger partial charge in [-0.15, -0.1) is 0 Å². The smallest absolute Gasteiger partial charge is 0.134 e. The van der Waals surface area contributed by atoms with Crippen molar-refractivity contribution in [3.8, 4) is 0 Å². The van der Waals surface area contributed by atoms with E-state index in [0.29, 0.717) is 11.8 Å². The van der Waals surface area contributed by atoms with Crippen LogP contribution >= 0.6 is 0 Å². The van der Waals surface area contributed by atoms with Gasteiger partial charge in [-0.05, 0) is 25.2 Å². The van der Waals surface area contributed by atoms with Crippen LogP contribution in [0.5, 0.6) is 0 Å². The predicted molar refractivity (Wildman–Crippen MR) is 89.0 cm³/mol. The molecule has 0 aliphatic carbocycles. The molecule has 0 bridgehead atoms. The van der Waals surface area contributed by atoms with Gasteiger partial charge in [-0.25, -0.2) is 9.97 Å². The molecule has 1 aromatic rings. The van der Waals surface area contributed by atoms with Gasteiger partial charge in [0, 0.05) is 31.9 Å². The highest BCUT2D eigenvalue weighted by molar-refractivity contribution is 5.58. The molecular weight excluding hydrogens is 264 g/mol. The summed E-state index contributed by atoms with van der Waals surface area (Å²) >= 11 is 0. The average molecular weight is 294 g/mol. The van der Waals surface area contributed by atoms with Crippen LogP contribution in [0.4, 0.5) is 11.6 Å². The lowest BCUT2D eigenvalue weighted by atomic mass is 10.0. The molecule has 5 heteroatoms. The van der Waals surface area contributed by atoms with Crippen molar-refractivity contribution < 1.29 is 4.74 Å². The summed E-state index contributed by atoms with van der Waals surface area (Å²) in [4.78, 5) is 8.73. The van der Waals surface area contributed by atoms with Gasteiger partial charge in [0.25, 0.3) is 0 Å². The molecule has 21 heavy (non-hydrogen) atoms. The second kappa shape index (κ2) is 9.55. The van der Waals surface area contributed by atoms with E-state index in [9.17, 15) is 0 Å². The Labute approximate surface area is 128 Å². The molecule has 1 rings (SSSR count). The van der Waals surface area contributed by atoms with Crippen molar-refractivity contribution in [3.05, 3.63) is 11.9 Å². The Bertz CT molecular complexity index is 407. The molecule has 0 aliphatic heterocycles. The molecule has 0 unspecified atom stereocenters. The lowest BCUT2D eigenvalue weighted by Crippen LogP contribution is -2.13. The molecule has 1 aromatic heterocycles. The Morgan fingerprint density at radius 2 is 1.76 bits per heavy atom. The van der Waals surface area contributed by atoms with E-state index in [1.165, 1.54) is 0 Å². The minimum atomic E-state index is 0.375. The third kappa shape index (κ3) is 6.29. The second-order valence-electron chi connectivity index (χ2n) is 5.92. The zero-order valence-corrected chi connectivity index (χ0v) is 14.1. The largest absolute Gasteiger partial charge is 0.381 e. The van der Waals surface area contributed by atoms with Crippen LogP contribution in [-0.2, 0) is 4.74 Å². The van der Waals surface area contributed by atoms with Gasteiger partial charge in [-0.1, -0.05) is 27.7 Å². The van der Waals surface area contributed by atoms with E-state index in [1.807, 2.05) is 0 Å². The maximum Gasteiger partial charge on any atom is 0.134 e. The van der Waals surface area contributed by atoms with Crippen molar-refractivity contribution in [1.29, 1.82) is 0 Å². The minimum Gasteiger partial charge on any atom is -0.381 e. The topological polar surface area (TPSA) is 59.1 Å². The lowest BCUT2D eigenvalue weighted by molar-refractivity contribution is 0.110. The summed E-state index contributed by atoms with van der Waals surface area (Å²) in [6.45, 7) is 14.1. The normalized spacial score (nSPS) is 11.2. The van der Waals surface area contributed by atoms with E-state index in [1.54, 1.807) is 6.33 Å². The van der Waals surface area contributed by atoms with Gasteiger partial charge in [0.15, 0.2) is 0 Å². The highest BCUT2D eigenvalue weighted by atomic mass is 16.5. The molecule has 0 saturated heterocycles. The van der Waals surface area contributed by atoms with Crippen LogP contribution in [0, 0.1) is 5.92 Å². The number of nitrogens with one attached hydrogen (secondary N) is 2. The van der Waals surface area contributed by atoms with Crippen LogP contribution in [0.1, 0.15) is 52.5 Å². The van der Waals surface area contributed by atoms with Gasteiger partial charge in [0.05, 0.1) is 0 Å². The van der Waals surface area contributed by atoms with Crippen LogP contribution in [0.15, 0.2) is 6.33 Å². The molecule has 1 heterocycles. The zero-order chi connectivity index (χ0) is 15.7. The van der Waals surface area contributed by atoms with E-state index < -0.39 is 0 Å². The summed E-state index contributed by atoms with van der Waals surface area (Å²) in [5.74, 6) is 2.83. The number of rotatable bonds is 10. The maximum atomic E-state index is 5.59. The van der Waals surface area contributed by atoms with E-state index in [0.717, 1.165) is 49.9 Å². The Kier molecular flexibility index (Phi) is 8.05. The molecule has 0 fully saturated rings. The highest BCUT2D eigenvalue weighted by Gasteiger charge is 2.14. The Balaban J connectivity index is 2.52. The van der Waals surface area contributed by atoms with Gasteiger partial charge < -0.3 is 15.4 Å². The van der Waals surface area contributed by atoms with Gasteiger partial charge in [0.1, 0.15) is 18.0 Å². The Hall–Kier alpha value is -1.36. The van der Waals surface area contributed by atoms with Crippen molar-refractivity contribution in [1.82, 2.24) is 9.97 Å². The van der Waals surface area contributed by atoms with Gasteiger partial charge in [0.2, 0.25) is 0 Å². The monoisotopic (exact) mass is 294 g/mol. The molecular formula is C16H30N4O. The maximum absolute atomic E-state index is 5.59. The average Bonchev–Trinajstić information content (AvgIpc) is 2.42. The van der Waals surface area contributed by atoms with Crippen molar-refractivity contribution in [2.45, 2.75) is 47.0 Å². The third-order valence-electron chi connectivity index (χ3n) is 3.01. The van der Waals surface area contributed by atoms with Crippen LogP contribution in [0.3, 0.4) is 0 Å². The van der Waals surface area contributed by atoms with Gasteiger partial charge in [-0.2, -0.15) is 0 Å². The fraction of sp³-hybridized carbons (Fsp3) is 0.750. The molecule has 0 radical (unpaired) electrons. The molecule has 0 amide bonds. The first-order valence-electron chi connectivity index (χ1n) is 7.96. The van der Waals surface area contributed by atoms with Crippen molar-refractivity contribution in [2.24, 2.45) is 5.92 Å². The quantitative estimate of drug-likeness (QED) is 0.647. The second-order valence-corrected chi connectivity index (χ2v) is 5.92. The molecule has 2 N–H and O–H groups in total. The first kappa shape index (κ1) is 17.7. The standard InChI is InChI=1S/C16H30N4O/c1-6-17-15-14(13(4)5)16(20-11-19-15)18-8-7-9-21-10-12(2)3/h11-13H,6-10H2,1-5H3,(H2,17,18,19,20). The zero-order valence-electron chi connectivity index (χ0n) is 14.1. The summed E-state index contributed by atoms with van der Waals surface area (Å²) in [7, 11) is 0. The molecule has 0 atom stereocenters. The molecule has 0 spiro atoms. The van der Waals surface area contributed by atoms with Crippen molar-refractivity contribution >= 4 is 11.6 Å². The number of ether oxygens (including phenoxy) is 1. The number of aromatic nitrogens is 2. The lowest BCUT2D eigenvalue weighted by Gasteiger charge is -2.17. The van der Waals surface area contributed by atoms with Crippen molar-refractivity contribution in [2.75, 3.05) is 36.9 Å². The van der Waals surface area contributed by atoms with E-state index in [-0.39, 0.29) is 0 Å². The summed E-state index contributed by atoms with van der Waals surface area (Å²) < 4.78 is 5.59. The van der Waals surface area contributed by atoms with E-state index in [2.05, 4.69) is 55.2 Å². The summed E-state index contributed by atoms with van der Waals surface area (Å²) in [6.07, 6.45) is 2.59. The first-order valence-corrected chi connectivity index (χ1v) is 7.96. The SMILES string of the molecule is CCNc1ncnc(NCCCOCC(C)C)c1C(C)C. The first-order chi connectivity index (χ1) is 10.1. The van der Waals surface area contributed by atoms with Crippen LogP contribution < -0.4 is 10.6 Å². The third-order valence-corrected chi connectivity index (χ3v) is 3.01. The van der Waals surface area contributed by atoms with Crippen LogP contribution in [-0.4, -0.2) is 36.3 Å². The Morgan fingerprint density at radius 3 is 2.33 bits per heavy atom. The predicted octanol–water partition coefficient (Wildman–Crippen LogP) is 3.51. The molecule has 0 aromatic carbocycles. The summed E-state index contributed by atoms with van der Waals surface area (Å²) in [6, 6.07) is 0. The number of hydrogen-bond acceptors (Lipinski definition) is 5. The number of nitrogens with zero attached hydrogens (tertiary/aromatic N) is 2. The highest BCUT2D eigenvalue weighted by Crippen LogP contribution is 2.28. The molecule has 0 aliphatic rings. The summed E-state index contributed by atoms with van der Waals surface area (Å²) in [5, 5.41) is 6.72.